The first-order valence-corrected chi connectivity index (χ1v) is 25.3. The van der Waals surface area contributed by atoms with Crippen molar-refractivity contribution in [3.05, 3.63) is 265 Å². The molecule has 12 aromatic carbocycles. The van der Waals surface area contributed by atoms with E-state index in [1.54, 1.807) is 0 Å². The Morgan fingerprint density at radius 3 is 1.19 bits per heavy atom. The number of para-hydroxylation sites is 6. The van der Waals surface area contributed by atoms with E-state index in [0.29, 0.717) is 0 Å². The molecule has 0 unspecified atom stereocenters. The highest BCUT2D eigenvalue weighted by atomic mass is 15.2. The van der Waals surface area contributed by atoms with Crippen molar-refractivity contribution < 1.29 is 0 Å². The Kier molecular flexibility index (Phi) is 9.32. The van der Waals surface area contributed by atoms with Gasteiger partial charge in [0.05, 0.1) is 22.7 Å². The molecule has 2 aliphatic rings. The largest absolute Gasteiger partial charge is 0.309 e. The third kappa shape index (κ3) is 6.22. The molecule has 12 aromatic rings. The molecule has 72 heavy (non-hydrogen) atoms. The molecule has 0 saturated heterocycles. The normalized spacial score (nSPS) is 14.3. The van der Waals surface area contributed by atoms with Crippen molar-refractivity contribution in [3.63, 3.8) is 0 Å². The second-order valence-electron chi connectivity index (χ2n) is 20.8. The predicted molar refractivity (Wildman–Crippen MR) is 306 cm³/mol. The van der Waals surface area contributed by atoms with Crippen LogP contribution in [0.4, 0.5) is 34.1 Å². The van der Waals surface area contributed by atoms with Gasteiger partial charge in [-0.25, -0.2) is 0 Å². The van der Waals surface area contributed by atoms with Gasteiger partial charge in [0.2, 0.25) is 0 Å². The Balaban J connectivity index is 1.10. The van der Waals surface area contributed by atoms with Gasteiger partial charge in [-0.05, 0) is 148 Å². The number of rotatable bonds is 5. The predicted octanol–water partition coefficient (Wildman–Crippen LogP) is 19.5. The van der Waals surface area contributed by atoms with Gasteiger partial charge in [-0.2, -0.15) is 0 Å². The maximum Gasteiger partial charge on any atom is 0.0581 e. The van der Waals surface area contributed by atoms with Gasteiger partial charge in [0.15, 0.2) is 0 Å². The van der Waals surface area contributed by atoms with Gasteiger partial charge >= 0.3 is 0 Å². The van der Waals surface area contributed by atoms with E-state index in [0.717, 1.165) is 11.4 Å². The third-order valence-corrected chi connectivity index (χ3v) is 16.1. The van der Waals surface area contributed by atoms with E-state index >= 15 is 0 Å². The summed E-state index contributed by atoms with van der Waals surface area (Å²) in [5.41, 5.74) is 19.2. The first kappa shape index (κ1) is 42.2. The summed E-state index contributed by atoms with van der Waals surface area (Å²) < 4.78 is 0. The highest BCUT2D eigenvalue weighted by Gasteiger charge is 2.40. The highest BCUT2D eigenvalue weighted by Crippen LogP contribution is 2.58. The second-order valence-corrected chi connectivity index (χ2v) is 20.8. The number of benzene rings is 12. The van der Waals surface area contributed by atoms with E-state index in [9.17, 15) is 0 Å². The smallest absolute Gasteiger partial charge is 0.0581 e. The molecule has 0 bridgehead atoms. The summed E-state index contributed by atoms with van der Waals surface area (Å²) in [5.74, 6) is 0. The van der Waals surface area contributed by atoms with E-state index in [1.165, 1.54) is 121 Å². The van der Waals surface area contributed by atoms with Gasteiger partial charge < -0.3 is 9.80 Å². The Bertz CT molecular complexity index is 3960. The van der Waals surface area contributed by atoms with Crippen LogP contribution in [0.15, 0.2) is 243 Å². The molecule has 14 rings (SSSR count). The van der Waals surface area contributed by atoms with Gasteiger partial charge in [0, 0.05) is 33.3 Å². The Morgan fingerprint density at radius 2 is 0.681 bits per heavy atom. The van der Waals surface area contributed by atoms with Crippen molar-refractivity contribution in [3.8, 4) is 33.4 Å². The summed E-state index contributed by atoms with van der Waals surface area (Å²) >= 11 is 0. The molecule has 2 aliphatic heterocycles. The fourth-order valence-corrected chi connectivity index (χ4v) is 12.7. The molecule has 0 aliphatic carbocycles. The lowest BCUT2D eigenvalue weighted by atomic mass is 9.72. The lowest BCUT2D eigenvalue weighted by molar-refractivity contribution is 0.632. The van der Waals surface area contributed by atoms with Crippen molar-refractivity contribution >= 4 is 77.2 Å². The van der Waals surface area contributed by atoms with Gasteiger partial charge in [0.25, 0.3) is 0 Å². The van der Waals surface area contributed by atoms with Gasteiger partial charge in [-0.3, -0.25) is 0 Å². The van der Waals surface area contributed by atoms with Crippen LogP contribution < -0.4 is 9.80 Å². The van der Waals surface area contributed by atoms with Crippen LogP contribution in [0.2, 0.25) is 0 Å². The summed E-state index contributed by atoms with van der Waals surface area (Å²) in [6.07, 6.45) is 0. The molecule has 0 saturated carbocycles. The van der Waals surface area contributed by atoms with Gasteiger partial charge in [0.1, 0.15) is 0 Å². The van der Waals surface area contributed by atoms with Gasteiger partial charge in [-0.15, -0.1) is 0 Å². The van der Waals surface area contributed by atoms with Crippen molar-refractivity contribution in [2.45, 2.75) is 38.5 Å². The molecule has 2 heterocycles. The number of hydrogen-bond acceptors (Lipinski definition) is 2. The van der Waals surface area contributed by atoms with Crippen molar-refractivity contribution in [2.24, 2.45) is 0 Å². The minimum atomic E-state index is -0.248. The van der Waals surface area contributed by atoms with Crippen LogP contribution in [-0.2, 0) is 10.8 Å². The Hall–Kier alpha value is -8.72. The van der Waals surface area contributed by atoms with Crippen LogP contribution in [0.1, 0.15) is 49.9 Å². The molecule has 2 nitrogen and oxygen atoms in total. The lowest BCUT2D eigenvalue weighted by Gasteiger charge is -2.43. The number of hydrogen-bond donors (Lipinski definition) is 0. The van der Waals surface area contributed by atoms with Crippen LogP contribution in [0.25, 0.3) is 76.5 Å². The Labute approximate surface area is 421 Å². The fourth-order valence-electron chi connectivity index (χ4n) is 12.7. The maximum atomic E-state index is 2.52. The lowest BCUT2D eigenvalue weighted by Crippen LogP contribution is -2.31. The minimum absolute atomic E-state index is 0.248. The molecule has 0 fully saturated rings. The number of fused-ring (bicyclic) bond motifs is 8. The number of nitrogens with zero attached hydrogens (tertiary/aromatic N) is 2. The molecule has 0 N–H and O–H groups in total. The van der Waals surface area contributed by atoms with E-state index in [2.05, 4.69) is 280 Å². The standard InChI is InChI=1S/C70H52N2/c1-69(2)60-33-13-15-37-64(60)71(50-23-7-5-8-24-50)67-56(31-19-35-62(67)69)52-27-17-29-54-58(52)44-59-53(28-18-30-55(59)66(54)48-40-39-47-41-45-21-11-12-22-46(45)42-49(47)43-48)57-32-20-36-63-68(57)72(51-25-9-6-10-26-51)65-38-16-14-34-61(65)70(63,3)4/h5-44H,1-4H3. The summed E-state index contributed by atoms with van der Waals surface area (Å²) in [5, 5.41) is 9.88. The average molecular weight is 921 g/mol. The minimum Gasteiger partial charge on any atom is -0.309 e. The van der Waals surface area contributed by atoms with Gasteiger partial charge in [-0.1, -0.05) is 210 Å². The van der Waals surface area contributed by atoms with Crippen LogP contribution in [0, 0.1) is 0 Å². The van der Waals surface area contributed by atoms with E-state index < -0.39 is 0 Å². The zero-order chi connectivity index (χ0) is 48.3. The molecular weight excluding hydrogens is 869 g/mol. The summed E-state index contributed by atoms with van der Waals surface area (Å²) in [6.45, 7) is 9.55. The summed E-state index contributed by atoms with van der Waals surface area (Å²) in [4.78, 5) is 5.03. The van der Waals surface area contributed by atoms with Crippen molar-refractivity contribution in [2.75, 3.05) is 9.80 Å². The summed E-state index contributed by atoms with van der Waals surface area (Å²) in [6, 6.07) is 90.8. The van der Waals surface area contributed by atoms with Crippen LogP contribution in [0.3, 0.4) is 0 Å². The Morgan fingerprint density at radius 1 is 0.278 bits per heavy atom. The second kappa shape index (κ2) is 15.9. The average Bonchev–Trinajstić information content (AvgIpc) is 3.42. The molecule has 0 amide bonds. The number of anilines is 6. The molecule has 0 radical (unpaired) electrons. The SMILES string of the molecule is CC1(C)c2ccccc2N(c2ccccc2)c2c(-c3cccc4c(-c5ccc6cc7ccccc7cc6c5)c5cccc(-c6cccc7c6N(c6ccccc6)c6ccccc6C7(C)C)c5cc34)cccc21. The van der Waals surface area contributed by atoms with Crippen LogP contribution in [0.5, 0.6) is 0 Å². The maximum absolute atomic E-state index is 2.52. The monoisotopic (exact) mass is 920 g/mol. The molecule has 342 valence electrons. The third-order valence-electron chi connectivity index (χ3n) is 16.1. The molecule has 2 heteroatoms. The van der Waals surface area contributed by atoms with Crippen molar-refractivity contribution in [1.82, 2.24) is 0 Å². The van der Waals surface area contributed by atoms with Crippen molar-refractivity contribution in [1.29, 1.82) is 0 Å². The first-order valence-electron chi connectivity index (χ1n) is 25.3. The first-order chi connectivity index (χ1) is 35.3. The topological polar surface area (TPSA) is 6.48 Å². The van der Waals surface area contributed by atoms with Crippen LogP contribution >= 0.6 is 0 Å². The zero-order valence-electron chi connectivity index (χ0n) is 41.0. The van der Waals surface area contributed by atoms with E-state index in [-0.39, 0.29) is 10.8 Å². The van der Waals surface area contributed by atoms with Crippen LogP contribution in [-0.4, -0.2) is 0 Å². The molecule has 0 aromatic heterocycles. The van der Waals surface area contributed by atoms with E-state index in [4.69, 9.17) is 0 Å². The fraction of sp³-hybridized carbons (Fsp3) is 0.0857. The summed E-state index contributed by atoms with van der Waals surface area (Å²) in [7, 11) is 0. The molecule has 0 atom stereocenters. The molecular formula is C70H52N2. The zero-order valence-corrected chi connectivity index (χ0v) is 41.0. The highest BCUT2D eigenvalue weighted by molar-refractivity contribution is 6.21. The van der Waals surface area contributed by atoms with E-state index in [1.807, 2.05) is 0 Å². The molecule has 0 spiro atoms. The quantitative estimate of drug-likeness (QED) is 0.159.